The lowest BCUT2D eigenvalue weighted by atomic mass is 9.92. The predicted octanol–water partition coefficient (Wildman–Crippen LogP) is 5.43. The molecule has 0 fully saturated rings. The van der Waals surface area contributed by atoms with Gasteiger partial charge in [-0.1, -0.05) is 34.4 Å². The van der Waals surface area contributed by atoms with Gasteiger partial charge in [-0.15, -0.1) is 0 Å². The number of benzene rings is 2. The lowest BCUT2D eigenvalue weighted by Gasteiger charge is -2.31. The van der Waals surface area contributed by atoms with Crippen molar-refractivity contribution in [2.45, 2.75) is 25.9 Å². The van der Waals surface area contributed by atoms with Gasteiger partial charge in [-0.25, -0.2) is 4.79 Å². The van der Waals surface area contributed by atoms with E-state index in [1.165, 1.54) is 19.2 Å². The lowest BCUT2D eigenvalue weighted by Crippen LogP contribution is -2.36. The number of hydrogen-bond acceptors (Lipinski definition) is 7. The second-order valence-corrected chi connectivity index (χ2v) is 8.76. The van der Waals surface area contributed by atoms with Crippen LogP contribution in [0, 0.1) is 0 Å². The molecule has 0 atom stereocenters. The summed E-state index contributed by atoms with van der Waals surface area (Å²) in [6.45, 7) is 3.63. The number of rotatable bonds is 4. The van der Waals surface area contributed by atoms with Crippen LogP contribution in [0.5, 0.6) is 5.75 Å². The van der Waals surface area contributed by atoms with Crippen LogP contribution >= 0.6 is 23.2 Å². The molecule has 0 saturated carbocycles. The summed E-state index contributed by atoms with van der Waals surface area (Å²) in [5.41, 5.74) is -0.0423. The van der Waals surface area contributed by atoms with Crippen molar-refractivity contribution in [3.63, 3.8) is 0 Å². The maximum atomic E-state index is 12.9. The van der Waals surface area contributed by atoms with Gasteiger partial charge in [0, 0.05) is 11.1 Å². The summed E-state index contributed by atoms with van der Waals surface area (Å²) < 4.78 is 15.9. The fourth-order valence-electron chi connectivity index (χ4n) is 3.53. The topological polar surface area (TPSA) is 108 Å². The van der Waals surface area contributed by atoms with E-state index in [2.05, 4.69) is 10.5 Å². The van der Waals surface area contributed by atoms with E-state index in [-0.39, 0.29) is 50.5 Å². The highest BCUT2D eigenvalue weighted by Crippen LogP contribution is 2.39. The summed E-state index contributed by atoms with van der Waals surface area (Å²) in [4.78, 5) is 37.9. The number of ether oxygens (including phenoxy) is 2. The zero-order valence-electron chi connectivity index (χ0n) is 17.8. The van der Waals surface area contributed by atoms with Crippen molar-refractivity contribution >= 4 is 46.7 Å². The molecular weight excluding hydrogens is 471 g/mol. The third-order valence-corrected chi connectivity index (χ3v) is 5.65. The molecule has 1 aliphatic heterocycles. The van der Waals surface area contributed by atoms with Crippen molar-refractivity contribution in [2.75, 3.05) is 12.4 Å². The SMILES string of the molecule is COC(=O)c1c(-c2c(Cl)cccc2Cl)noc1NC(=O)c1ccc2c(c1)C(=O)CC(C)(C)O2. The van der Waals surface area contributed by atoms with Crippen LogP contribution < -0.4 is 10.1 Å². The Balaban J connectivity index is 1.70. The summed E-state index contributed by atoms with van der Waals surface area (Å²) in [5, 5.41) is 6.85. The first kappa shape index (κ1) is 22.8. The van der Waals surface area contributed by atoms with Gasteiger partial charge in [0.15, 0.2) is 11.3 Å². The van der Waals surface area contributed by atoms with Gasteiger partial charge in [-0.3, -0.25) is 14.9 Å². The number of carbonyl (C=O) groups excluding carboxylic acids is 3. The third-order valence-electron chi connectivity index (χ3n) is 5.02. The Morgan fingerprint density at radius 2 is 1.85 bits per heavy atom. The van der Waals surface area contributed by atoms with Crippen molar-refractivity contribution < 1.29 is 28.4 Å². The monoisotopic (exact) mass is 488 g/mol. The number of ketones is 1. The molecule has 1 N–H and O–H groups in total. The largest absolute Gasteiger partial charge is 0.487 e. The number of esters is 1. The molecular formula is C23H18Cl2N2O6. The van der Waals surface area contributed by atoms with Crippen molar-refractivity contribution in [1.29, 1.82) is 0 Å². The van der Waals surface area contributed by atoms with Crippen LogP contribution in [-0.2, 0) is 4.74 Å². The van der Waals surface area contributed by atoms with Gasteiger partial charge in [-0.05, 0) is 44.2 Å². The van der Waals surface area contributed by atoms with Crippen LogP contribution in [0.1, 0.15) is 51.3 Å². The Bertz CT molecular complexity index is 1280. The number of anilines is 1. The van der Waals surface area contributed by atoms with Gasteiger partial charge in [0.1, 0.15) is 17.0 Å². The molecule has 1 aromatic heterocycles. The Morgan fingerprint density at radius 3 is 2.52 bits per heavy atom. The van der Waals surface area contributed by atoms with Gasteiger partial charge in [0.25, 0.3) is 5.91 Å². The molecule has 0 radical (unpaired) electrons. The second kappa shape index (κ2) is 8.53. The summed E-state index contributed by atoms with van der Waals surface area (Å²) in [7, 11) is 1.18. The lowest BCUT2D eigenvalue weighted by molar-refractivity contribution is 0.0597. The normalized spacial score (nSPS) is 14.3. The highest BCUT2D eigenvalue weighted by molar-refractivity contribution is 6.39. The van der Waals surface area contributed by atoms with Crippen molar-refractivity contribution in [3.05, 3.63) is 63.1 Å². The number of carbonyl (C=O) groups is 3. The molecule has 10 heteroatoms. The number of aromatic nitrogens is 1. The van der Waals surface area contributed by atoms with E-state index in [0.29, 0.717) is 11.3 Å². The highest BCUT2D eigenvalue weighted by atomic mass is 35.5. The van der Waals surface area contributed by atoms with E-state index < -0.39 is 17.5 Å². The number of amides is 1. The zero-order valence-corrected chi connectivity index (χ0v) is 19.3. The standard InChI is InChI=1S/C23H18Cl2N2O6/c1-23(2)10-15(28)12-9-11(7-8-16(12)32-23)20(29)26-21-18(22(30)31-3)19(27-33-21)17-13(24)5-4-6-14(17)25/h4-9H,10H2,1-3H3,(H,26,29). The quantitative estimate of drug-likeness (QED) is 0.487. The number of fused-ring (bicyclic) bond motifs is 1. The molecule has 4 rings (SSSR count). The number of methoxy groups -OCH3 is 1. The molecule has 1 amide bonds. The molecule has 0 saturated heterocycles. The van der Waals surface area contributed by atoms with E-state index in [9.17, 15) is 14.4 Å². The number of hydrogen-bond donors (Lipinski definition) is 1. The smallest absolute Gasteiger partial charge is 0.345 e. The van der Waals surface area contributed by atoms with Crippen LogP contribution in [0.15, 0.2) is 40.9 Å². The molecule has 2 heterocycles. The Kier molecular flexibility index (Phi) is 5.90. The van der Waals surface area contributed by atoms with Crippen molar-refractivity contribution in [2.24, 2.45) is 0 Å². The van der Waals surface area contributed by atoms with Crippen molar-refractivity contribution in [3.8, 4) is 17.0 Å². The Hall–Kier alpha value is -3.36. The number of halogens is 2. The first-order valence-electron chi connectivity index (χ1n) is 9.81. The Morgan fingerprint density at radius 1 is 1.15 bits per heavy atom. The molecule has 0 unspecified atom stereocenters. The zero-order chi connectivity index (χ0) is 23.9. The van der Waals surface area contributed by atoms with Crippen LogP contribution in [0.3, 0.4) is 0 Å². The van der Waals surface area contributed by atoms with Crippen LogP contribution in [-0.4, -0.2) is 35.5 Å². The maximum absolute atomic E-state index is 12.9. The first-order valence-corrected chi connectivity index (χ1v) is 10.6. The van der Waals surface area contributed by atoms with Gasteiger partial charge < -0.3 is 14.0 Å². The van der Waals surface area contributed by atoms with Crippen molar-refractivity contribution in [1.82, 2.24) is 5.16 Å². The van der Waals surface area contributed by atoms with Crippen LogP contribution in [0.2, 0.25) is 10.0 Å². The van der Waals surface area contributed by atoms with Crippen LogP contribution in [0.4, 0.5) is 5.88 Å². The summed E-state index contributed by atoms with van der Waals surface area (Å²) >= 11 is 12.5. The first-order chi connectivity index (χ1) is 15.6. The van der Waals surface area contributed by atoms with Gasteiger partial charge in [-0.2, -0.15) is 0 Å². The minimum Gasteiger partial charge on any atom is -0.487 e. The average molecular weight is 489 g/mol. The minimum atomic E-state index is -0.811. The molecule has 33 heavy (non-hydrogen) atoms. The molecule has 0 aliphatic carbocycles. The molecule has 2 aromatic carbocycles. The van der Waals surface area contributed by atoms with Crippen LogP contribution in [0.25, 0.3) is 11.3 Å². The van der Waals surface area contributed by atoms with Gasteiger partial charge >= 0.3 is 5.97 Å². The second-order valence-electron chi connectivity index (χ2n) is 7.95. The number of Topliss-reactive ketones (excluding diaryl/α,β-unsaturated/α-hetero) is 1. The summed E-state index contributed by atoms with van der Waals surface area (Å²) in [5.74, 6) is -1.43. The molecule has 170 valence electrons. The highest BCUT2D eigenvalue weighted by Gasteiger charge is 2.33. The van der Waals surface area contributed by atoms with E-state index in [4.69, 9.17) is 37.2 Å². The van der Waals surface area contributed by atoms with Gasteiger partial charge in [0.2, 0.25) is 5.88 Å². The predicted molar refractivity (Wildman–Crippen MR) is 121 cm³/mol. The minimum absolute atomic E-state index is 0.0176. The molecule has 3 aromatic rings. The molecule has 0 spiro atoms. The Labute approximate surface area is 198 Å². The average Bonchev–Trinajstić information content (AvgIpc) is 3.15. The molecule has 8 nitrogen and oxygen atoms in total. The fourth-order valence-corrected chi connectivity index (χ4v) is 4.11. The third kappa shape index (κ3) is 4.31. The summed E-state index contributed by atoms with van der Waals surface area (Å²) in [6.07, 6.45) is 0.182. The van der Waals surface area contributed by atoms with Gasteiger partial charge in [0.05, 0.1) is 29.1 Å². The number of nitrogens with zero attached hydrogens (tertiary/aromatic N) is 1. The molecule has 1 aliphatic rings. The fraction of sp³-hybridized carbons (Fsp3) is 0.217. The number of nitrogens with one attached hydrogen (secondary N) is 1. The van der Waals surface area contributed by atoms with E-state index in [1.807, 2.05) is 13.8 Å². The molecule has 0 bridgehead atoms. The van der Waals surface area contributed by atoms with E-state index >= 15 is 0 Å². The van der Waals surface area contributed by atoms with E-state index in [1.54, 1.807) is 24.3 Å². The maximum Gasteiger partial charge on any atom is 0.345 e. The van der Waals surface area contributed by atoms with E-state index in [0.717, 1.165) is 0 Å². The summed E-state index contributed by atoms with van der Waals surface area (Å²) in [6, 6.07) is 9.27.